The zero-order valence-corrected chi connectivity index (χ0v) is 28.6. The van der Waals surface area contributed by atoms with Crippen molar-refractivity contribution in [3.8, 4) is 0 Å². The maximum atomic E-state index is 5.70. The molecule has 42 heavy (non-hydrogen) atoms. The van der Waals surface area contributed by atoms with Gasteiger partial charge in [-0.3, -0.25) is 0 Å². The first-order valence-corrected chi connectivity index (χ1v) is 15.6. The molecule has 0 radical (unpaired) electrons. The summed E-state index contributed by atoms with van der Waals surface area (Å²) in [7, 11) is 2.11. The Morgan fingerprint density at radius 2 is 0.738 bits per heavy atom. The minimum Gasteiger partial charge on any atom is -0.378 e. The van der Waals surface area contributed by atoms with Crippen LogP contribution in [0.4, 0.5) is 0 Å². The first kappa shape index (κ1) is 41.6. The molecule has 0 atom stereocenters. The molecule has 0 unspecified atom stereocenters. The summed E-state index contributed by atoms with van der Waals surface area (Å²) < 4.78 is 50.2. The summed E-state index contributed by atoms with van der Waals surface area (Å²) in [5.41, 5.74) is -0.284. The van der Waals surface area contributed by atoms with Gasteiger partial charge in [-0.25, -0.2) is 0 Å². The molecule has 0 heterocycles. The number of hydrogen-bond donors (Lipinski definition) is 1. The van der Waals surface area contributed by atoms with Crippen LogP contribution in [-0.2, 0) is 42.6 Å². The predicted octanol–water partition coefficient (Wildman–Crippen LogP) is 3.03. The SMILES string of the molecule is CN(CCOCCOCCOCCOC(C)(C)C)CC(C)(C)NCCOCCOCCOCCOCCOC(C)(C)C. The van der Waals surface area contributed by atoms with Crippen molar-refractivity contribution in [2.75, 3.05) is 132 Å². The van der Waals surface area contributed by atoms with Gasteiger partial charge in [-0.1, -0.05) is 0 Å². The molecular weight excluding hydrogens is 544 g/mol. The number of ether oxygens (including phenoxy) is 9. The van der Waals surface area contributed by atoms with Crippen LogP contribution in [0.25, 0.3) is 0 Å². The normalized spacial score (nSPS) is 13.0. The number of hydrogen-bond acceptors (Lipinski definition) is 11. The highest BCUT2D eigenvalue weighted by Gasteiger charge is 2.19. The molecule has 1 N–H and O–H groups in total. The molecule has 0 fully saturated rings. The minimum atomic E-state index is -0.127. The van der Waals surface area contributed by atoms with Crippen molar-refractivity contribution in [3.63, 3.8) is 0 Å². The fourth-order valence-corrected chi connectivity index (χ4v) is 3.61. The Labute approximate surface area is 257 Å². The second-order valence-electron chi connectivity index (χ2n) is 12.8. The topological polar surface area (TPSA) is 98.3 Å². The van der Waals surface area contributed by atoms with E-state index in [1.807, 2.05) is 41.5 Å². The monoisotopic (exact) mass is 610 g/mol. The molecule has 254 valence electrons. The van der Waals surface area contributed by atoms with Gasteiger partial charge in [0.1, 0.15) is 0 Å². The molecule has 0 aliphatic heterocycles. The van der Waals surface area contributed by atoms with Crippen molar-refractivity contribution in [2.45, 2.75) is 72.1 Å². The van der Waals surface area contributed by atoms with Crippen molar-refractivity contribution in [1.82, 2.24) is 10.2 Å². The number of rotatable bonds is 30. The van der Waals surface area contributed by atoms with E-state index < -0.39 is 0 Å². The Morgan fingerprint density at radius 3 is 1.10 bits per heavy atom. The molecule has 11 heteroatoms. The highest BCUT2D eigenvalue weighted by Crippen LogP contribution is 2.06. The lowest BCUT2D eigenvalue weighted by molar-refractivity contribution is -0.0460. The van der Waals surface area contributed by atoms with Crippen LogP contribution in [0.2, 0.25) is 0 Å². The molecule has 0 aromatic carbocycles. The summed E-state index contributed by atoms with van der Waals surface area (Å²) in [6.45, 7) is 28.4. The molecule has 0 saturated heterocycles. The molecule has 0 aromatic rings. The van der Waals surface area contributed by atoms with Crippen LogP contribution in [0.5, 0.6) is 0 Å². The van der Waals surface area contributed by atoms with Gasteiger partial charge in [0.15, 0.2) is 0 Å². The van der Waals surface area contributed by atoms with Gasteiger partial charge in [-0.05, 0) is 62.4 Å². The summed E-state index contributed by atoms with van der Waals surface area (Å²) in [6.07, 6.45) is 0. The molecule has 0 aliphatic rings. The third-order valence-electron chi connectivity index (χ3n) is 5.52. The van der Waals surface area contributed by atoms with Gasteiger partial charge in [0.05, 0.1) is 117 Å². The Morgan fingerprint density at radius 1 is 0.429 bits per heavy atom. The second kappa shape index (κ2) is 25.8. The third-order valence-corrected chi connectivity index (χ3v) is 5.52. The molecule has 0 saturated carbocycles. The average molecular weight is 611 g/mol. The van der Waals surface area contributed by atoms with Gasteiger partial charge in [-0.2, -0.15) is 0 Å². The Balaban J connectivity index is 3.44. The van der Waals surface area contributed by atoms with Crippen LogP contribution < -0.4 is 5.32 Å². The first-order chi connectivity index (χ1) is 19.8. The molecule has 0 aromatic heterocycles. The van der Waals surface area contributed by atoms with E-state index in [1.54, 1.807) is 0 Å². The van der Waals surface area contributed by atoms with E-state index >= 15 is 0 Å². The summed E-state index contributed by atoms with van der Waals surface area (Å²) in [5.74, 6) is 0. The second-order valence-corrected chi connectivity index (χ2v) is 12.8. The van der Waals surface area contributed by atoms with Gasteiger partial charge >= 0.3 is 0 Å². The zero-order chi connectivity index (χ0) is 31.6. The summed E-state index contributed by atoms with van der Waals surface area (Å²) >= 11 is 0. The fourth-order valence-electron chi connectivity index (χ4n) is 3.61. The molecule has 11 nitrogen and oxygen atoms in total. The Bertz CT molecular complexity index is 584. The van der Waals surface area contributed by atoms with E-state index in [9.17, 15) is 0 Å². The molecule has 0 amide bonds. The highest BCUT2D eigenvalue weighted by molar-refractivity contribution is 4.80. The smallest absolute Gasteiger partial charge is 0.0707 e. The molecular formula is C31H66N2O9. The maximum absolute atomic E-state index is 5.70. The van der Waals surface area contributed by atoms with Gasteiger partial charge in [0.2, 0.25) is 0 Å². The van der Waals surface area contributed by atoms with Crippen LogP contribution >= 0.6 is 0 Å². The summed E-state index contributed by atoms with van der Waals surface area (Å²) in [5, 5.41) is 3.56. The standard InChI is InChI=1S/C31H66N2O9/c1-29(2,3)41-26-24-39-22-20-37-17-15-35-13-11-33(9)28-31(7,8)32-10-12-34-14-16-36-18-19-38-21-23-40-25-27-42-30(4,5)6/h32H,10-28H2,1-9H3. The van der Waals surface area contributed by atoms with Crippen molar-refractivity contribution < 1.29 is 42.6 Å². The van der Waals surface area contributed by atoms with Crippen LogP contribution in [0.1, 0.15) is 55.4 Å². The molecule has 0 spiro atoms. The lowest BCUT2D eigenvalue weighted by Crippen LogP contribution is -2.49. The summed E-state index contributed by atoms with van der Waals surface area (Å²) in [6, 6.07) is 0. The quantitative estimate of drug-likeness (QED) is 0.122. The van der Waals surface area contributed by atoms with Crippen molar-refractivity contribution in [3.05, 3.63) is 0 Å². The van der Waals surface area contributed by atoms with Crippen LogP contribution in [0, 0.1) is 0 Å². The number of likely N-dealkylation sites (N-methyl/N-ethyl adjacent to an activating group) is 1. The van der Waals surface area contributed by atoms with Gasteiger partial charge in [0.25, 0.3) is 0 Å². The Kier molecular flexibility index (Phi) is 25.6. The zero-order valence-electron chi connectivity index (χ0n) is 28.6. The number of nitrogens with zero attached hydrogens (tertiary/aromatic N) is 1. The van der Waals surface area contributed by atoms with Crippen LogP contribution in [0.3, 0.4) is 0 Å². The van der Waals surface area contributed by atoms with Gasteiger partial charge in [0, 0.05) is 25.2 Å². The van der Waals surface area contributed by atoms with Crippen molar-refractivity contribution >= 4 is 0 Å². The van der Waals surface area contributed by atoms with Gasteiger partial charge < -0.3 is 52.8 Å². The Hall–Kier alpha value is -0.440. The fraction of sp³-hybridized carbons (Fsp3) is 1.00. The van der Waals surface area contributed by atoms with Crippen molar-refractivity contribution in [1.29, 1.82) is 0 Å². The summed E-state index contributed by atoms with van der Waals surface area (Å²) in [4.78, 5) is 2.27. The van der Waals surface area contributed by atoms with E-state index in [1.165, 1.54) is 0 Å². The van der Waals surface area contributed by atoms with Crippen LogP contribution in [-0.4, -0.2) is 154 Å². The average Bonchev–Trinajstić information content (AvgIpc) is 2.87. The molecule has 0 bridgehead atoms. The van der Waals surface area contributed by atoms with E-state index in [4.69, 9.17) is 42.6 Å². The lowest BCUT2D eigenvalue weighted by Gasteiger charge is -2.31. The minimum absolute atomic E-state index is 0.0314. The number of nitrogens with one attached hydrogen (secondary N) is 1. The predicted molar refractivity (Wildman–Crippen MR) is 167 cm³/mol. The third kappa shape index (κ3) is 34.1. The van der Waals surface area contributed by atoms with E-state index in [2.05, 4.69) is 31.1 Å². The van der Waals surface area contributed by atoms with Crippen molar-refractivity contribution in [2.24, 2.45) is 0 Å². The molecule has 0 aliphatic carbocycles. The van der Waals surface area contributed by atoms with E-state index in [0.29, 0.717) is 106 Å². The van der Waals surface area contributed by atoms with Crippen LogP contribution in [0.15, 0.2) is 0 Å². The lowest BCUT2D eigenvalue weighted by atomic mass is 10.1. The highest BCUT2D eigenvalue weighted by atomic mass is 16.6. The maximum Gasteiger partial charge on any atom is 0.0707 e. The molecule has 0 rings (SSSR count). The largest absolute Gasteiger partial charge is 0.378 e. The first-order valence-electron chi connectivity index (χ1n) is 15.6. The van der Waals surface area contributed by atoms with E-state index in [-0.39, 0.29) is 16.7 Å². The van der Waals surface area contributed by atoms with Gasteiger partial charge in [-0.15, -0.1) is 0 Å². The van der Waals surface area contributed by atoms with E-state index in [0.717, 1.165) is 19.6 Å².